The van der Waals surface area contributed by atoms with Crippen LogP contribution in [0.5, 0.6) is 11.5 Å². The minimum absolute atomic E-state index is 0.167. The van der Waals surface area contributed by atoms with Gasteiger partial charge in [0.15, 0.2) is 11.5 Å². The molecule has 0 aliphatic carbocycles. The average Bonchev–Trinajstić information content (AvgIpc) is 2.46. The highest BCUT2D eigenvalue weighted by Gasteiger charge is 2.11. The van der Waals surface area contributed by atoms with Crippen molar-refractivity contribution in [3.63, 3.8) is 0 Å². The largest absolute Gasteiger partial charge is 0.493 e. The van der Waals surface area contributed by atoms with Crippen LogP contribution in [0.3, 0.4) is 0 Å². The zero-order valence-electron chi connectivity index (χ0n) is 10.8. The van der Waals surface area contributed by atoms with Gasteiger partial charge in [0.25, 0.3) is 0 Å². The Hall–Kier alpha value is -2.01. The number of methoxy groups -OCH3 is 1. The number of benzene rings is 2. The monoisotopic (exact) mass is 336 g/mol. The van der Waals surface area contributed by atoms with Crippen LogP contribution in [0.1, 0.15) is 15.9 Å². The maximum atomic E-state index is 11.1. The van der Waals surface area contributed by atoms with Crippen molar-refractivity contribution in [3.05, 3.63) is 58.1 Å². The topological polar surface area (TPSA) is 55.8 Å². The molecule has 0 radical (unpaired) electrons. The third-order valence-corrected chi connectivity index (χ3v) is 3.25. The van der Waals surface area contributed by atoms with Crippen molar-refractivity contribution >= 4 is 21.9 Å². The van der Waals surface area contributed by atoms with Gasteiger partial charge in [0.2, 0.25) is 0 Å². The van der Waals surface area contributed by atoms with Gasteiger partial charge < -0.3 is 14.6 Å². The van der Waals surface area contributed by atoms with Crippen LogP contribution >= 0.6 is 15.9 Å². The molecule has 1 N–H and O–H groups in total. The summed E-state index contributed by atoms with van der Waals surface area (Å²) in [6.07, 6.45) is 0. The quantitative estimate of drug-likeness (QED) is 0.903. The number of carboxylic acids is 1. The minimum atomic E-state index is -0.966. The lowest BCUT2D eigenvalue weighted by Gasteiger charge is -2.12. The second-order valence-electron chi connectivity index (χ2n) is 4.05. The predicted molar refractivity (Wildman–Crippen MR) is 78.4 cm³/mol. The molecule has 0 heterocycles. The fourth-order valence-electron chi connectivity index (χ4n) is 1.77. The molecule has 0 fully saturated rings. The van der Waals surface area contributed by atoms with Crippen LogP contribution < -0.4 is 9.47 Å². The molecule has 2 rings (SSSR count). The van der Waals surface area contributed by atoms with Crippen LogP contribution in [0.2, 0.25) is 0 Å². The van der Waals surface area contributed by atoms with Crippen LogP contribution in [0.4, 0.5) is 0 Å². The number of hydrogen-bond acceptors (Lipinski definition) is 3. The molecule has 0 saturated carbocycles. The molecule has 0 aliphatic rings. The van der Waals surface area contributed by atoms with Crippen LogP contribution in [0.25, 0.3) is 0 Å². The number of ether oxygens (including phenoxy) is 2. The molecule has 0 amide bonds. The van der Waals surface area contributed by atoms with E-state index < -0.39 is 5.97 Å². The van der Waals surface area contributed by atoms with Gasteiger partial charge in [0.1, 0.15) is 6.61 Å². The summed E-state index contributed by atoms with van der Waals surface area (Å²) in [6.45, 7) is 0.167. The lowest BCUT2D eigenvalue weighted by atomic mass is 10.1. The van der Waals surface area contributed by atoms with E-state index >= 15 is 0 Å². The molecule has 2 aromatic carbocycles. The van der Waals surface area contributed by atoms with E-state index in [1.165, 1.54) is 0 Å². The number of aromatic carboxylic acids is 1. The number of carboxylic acid groups (broad SMARTS) is 1. The van der Waals surface area contributed by atoms with E-state index in [2.05, 4.69) is 15.9 Å². The second-order valence-corrected chi connectivity index (χ2v) is 4.96. The smallest absolute Gasteiger partial charge is 0.336 e. The SMILES string of the molecule is COc1cc(Br)ccc1OCc1ccccc1C(=O)O. The number of hydrogen-bond donors (Lipinski definition) is 1. The number of carbonyl (C=O) groups is 1. The standard InChI is InChI=1S/C15H13BrO4/c1-19-14-8-11(16)6-7-13(14)20-9-10-4-2-3-5-12(10)15(17)18/h2-8H,9H2,1H3,(H,17,18). The molecule has 0 aromatic heterocycles. The molecule has 2 aromatic rings. The summed E-state index contributed by atoms with van der Waals surface area (Å²) in [5.41, 5.74) is 0.855. The first-order chi connectivity index (χ1) is 9.61. The Balaban J connectivity index is 2.19. The van der Waals surface area contributed by atoms with Crippen molar-refractivity contribution < 1.29 is 19.4 Å². The Morgan fingerprint density at radius 1 is 1.20 bits per heavy atom. The molecule has 0 spiro atoms. The molecule has 0 atom stereocenters. The second kappa shape index (κ2) is 6.43. The molecule has 0 saturated heterocycles. The number of rotatable bonds is 5. The minimum Gasteiger partial charge on any atom is -0.493 e. The maximum Gasteiger partial charge on any atom is 0.336 e. The first-order valence-corrected chi connectivity index (χ1v) is 6.68. The van der Waals surface area contributed by atoms with E-state index in [4.69, 9.17) is 14.6 Å². The van der Waals surface area contributed by atoms with Crippen molar-refractivity contribution in [2.45, 2.75) is 6.61 Å². The molecule has 4 nitrogen and oxygen atoms in total. The Morgan fingerprint density at radius 2 is 1.95 bits per heavy atom. The molecule has 104 valence electrons. The molecule has 20 heavy (non-hydrogen) atoms. The highest BCUT2D eigenvalue weighted by atomic mass is 79.9. The van der Waals surface area contributed by atoms with Crippen molar-refractivity contribution in [1.82, 2.24) is 0 Å². The van der Waals surface area contributed by atoms with Gasteiger partial charge in [-0.1, -0.05) is 34.1 Å². The Labute approximate surface area is 125 Å². The van der Waals surface area contributed by atoms with Gasteiger partial charge in [-0.25, -0.2) is 4.79 Å². The van der Waals surface area contributed by atoms with Gasteiger partial charge in [-0.15, -0.1) is 0 Å². The van der Waals surface area contributed by atoms with Gasteiger partial charge in [0.05, 0.1) is 12.7 Å². The van der Waals surface area contributed by atoms with Gasteiger partial charge >= 0.3 is 5.97 Å². The zero-order valence-corrected chi connectivity index (χ0v) is 12.4. The highest BCUT2D eigenvalue weighted by molar-refractivity contribution is 9.10. The van der Waals surface area contributed by atoms with E-state index in [0.717, 1.165) is 4.47 Å². The summed E-state index contributed by atoms with van der Waals surface area (Å²) < 4.78 is 11.8. The fourth-order valence-corrected chi connectivity index (χ4v) is 2.11. The summed E-state index contributed by atoms with van der Waals surface area (Å²) in [5, 5.41) is 9.11. The normalized spacial score (nSPS) is 10.1. The number of halogens is 1. The van der Waals surface area contributed by atoms with Crippen LogP contribution in [0, 0.1) is 0 Å². The van der Waals surface area contributed by atoms with E-state index in [1.54, 1.807) is 43.5 Å². The summed E-state index contributed by atoms with van der Waals surface area (Å²) >= 11 is 3.35. The lowest BCUT2D eigenvalue weighted by molar-refractivity contribution is 0.0694. The first-order valence-electron chi connectivity index (χ1n) is 5.89. The summed E-state index contributed by atoms with van der Waals surface area (Å²) in [4.78, 5) is 11.1. The van der Waals surface area contributed by atoms with Crippen molar-refractivity contribution in [2.75, 3.05) is 7.11 Å². The summed E-state index contributed by atoms with van der Waals surface area (Å²) in [5.74, 6) is 0.190. The lowest BCUT2D eigenvalue weighted by Crippen LogP contribution is -2.05. The van der Waals surface area contributed by atoms with E-state index in [0.29, 0.717) is 17.1 Å². The predicted octanol–water partition coefficient (Wildman–Crippen LogP) is 3.73. The van der Waals surface area contributed by atoms with Gasteiger partial charge in [0, 0.05) is 10.0 Å². The van der Waals surface area contributed by atoms with Crippen LogP contribution in [-0.4, -0.2) is 18.2 Å². The first kappa shape index (κ1) is 14.4. The van der Waals surface area contributed by atoms with Crippen molar-refractivity contribution in [2.24, 2.45) is 0 Å². The average molecular weight is 337 g/mol. The van der Waals surface area contributed by atoms with Gasteiger partial charge in [-0.2, -0.15) is 0 Å². The maximum absolute atomic E-state index is 11.1. The fraction of sp³-hybridized carbons (Fsp3) is 0.133. The molecule has 0 bridgehead atoms. The Kier molecular flexibility index (Phi) is 4.63. The summed E-state index contributed by atoms with van der Waals surface area (Å²) in [6, 6.07) is 12.2. The van der Waals surface area contributed by atoms with Crippen LogP contribution in [-0.2, 0) is 6.61 Å². The van der Waals surface area contributed by atoms with Crippen LogP contribution in [0.15, 0.2) is 46.9 Å². The molecule has 5 heteroatoms. The third kappa shape index (κ3) is 3.30. The summed E-state index contributed by atoms with van der Waals surface area (Å²) in [7, 11) is 1.56. The molecule has 0 aliphatic heterocycles. The zero-order chi connectivity index (χ0) is 14.5. The van der Waals surface area contributed by atoms with Crippen molar-refractivity contribution in [3.8, 4) is 11.5 Å². The molecular weight excluding hydrogens is 324 g/mol. The van der Waals surface area contributed by atoms with E-state index in [9.17, 15) is 4.79 Å². The van der Waals surface area contributed by atoms with Gasteiger partial charge in [-0.05, 0) is 24.3 Å². The van der Waals surface area contributed by atoms with Crippen molar-refractivity contribution in [1.29, 1.82) is 0 Å². The molecule has 0 unspecified atom stereocenters. The Bertz CT molecular complexity index is 625. The molecular formula is C15H13BrO4. The van der Waals surface area contributed by atoms with E-state index in [1.807, 2.05) is 6.07 Å². The van der Waals surface area contributed by atoms with E-state index in [-0.39, 0.29) is 12.2 Å². The van der Waals surface area contributed by atoms with Gasteiger partial charge in [-0.3, -0.25) is 0 Å². The Morgan fingerprint density at radius 3 is 2.65 bits per heavy atom. The highest BCUT2D eigenvalue weighted by Crippen LogP contribution is 2.31. The third-order valence-electron chi connectivity index (χ3n) is 2.76.